The maximum Gasteiger partial charge on any atom is 0.239 e. The monoisotopic (exact) mass is 283 g/mol. The number of carbonyl (C=O) groups excluding carboxylic acids is 1. The summed E-state index contributed by atoms with van der Waals surface area (Å²) in [6.07, 6.45) is 2.48. The molecule has 0 spiro atoms. The zero-order valence-corrected chi connectivity index (χ0v) is 13.1. The van der Waals surface area contributed by atoms with Crippen LogP contribution in [0.4, 0.5) is 0 Å². The molecule has 0 radical (unpaired) electrons. The van der Waals surface area contributed by atoms with Crippen LogP contribution >= 0.6 is 0 Å². The van der Waals surface area contributed by atoms with E-state index in [9.17, 15) is 4.79 Å². The number of nitrogens with zero attached hydrogens (tertiary/aromatic N) is 2. The van der Waals surface area contributed by atoms with E-state index in [4.69, 9.17) is 4.74 Å². The van der Waals surface area contributed by atoms with E-state index in [1.165, 1.54) is 12.8 Å². The molecule has 2 aliphatic heterocycles. The van der Waals surface area contributed by atoms with Gasteiger partial charge in [-0.25, -0.2) is 0 Å². The predicted octanol–water partition coefficient (Wildman–Crippen LogP) is 0.696. The topological polar surface area (TPSA) is 44.8 Å². The molecule has 2 unspecified atom stereocenters. The Kier molecular flexibility index (Phi) is 5.81. The van der Waals surface area contributed by atoms with Gasteiger partial charge in [-0.3, -0.25) is 9.69 Å². The SMILES string of the molecule is CC(C)N(CC1CCCN1)C(C)C(=O)N1CCOCC1. The number of carbonyl (C=O) groups is 1. The van der Waals surface area contributed by atoms with Crippen LogP contribution in [0.3, 0.4) is 0 Å². The number of nitrogens with one attached hydrogen (secondary N) is 1. The molecule has 0 bridgehead atoms. The summed E-state index contributed by atoms with van der Waals surface area (Å²) in [5.74, 6) is 0.250. The van der Waals surface area contributed by atoms with Crippen molar-refractivity contribution in [3.8, 4) is 0 Å². The highest BCUT2D eigenvalue weighted by atomic mass is 16.5. The van der Waals surface area contributed by atoms with Gasteiger partial charge in [0.1, 0.15) is 0 Å². The van der Waals surface area contributed by atoms with Crippen LogP contribution in [0.1, 0.15) is 33.6 Å². The first-order chi connectivity index (χ1) is 9.59. The summed E-state index contributed by atoms with van der Waals surface area (Å²) >= 11 is 0. The normalized spacial score (nSPS) is 25.4. The van der Waals surface area contributed by atoms with E-state index in [0.29, 0.717) is 25.3 Å². The molecule has 2 saturated heterocycles. The molecule has 0 aromatic carbocycles. The van der Waals surface area contributed by atoms with Crippen molar-refractivity contribution in [1.82, 2.24) is 15.1 Å². The molecule has 2 atom stereocenters. The smallest absolute Gasteiger partial charge is 0.239 e. The second kappa shape index (κ2) is 7.38. The molecular weight excluding hydrogens is 254 g/mol. The molecule has 2 rings (SSSR count). The highest BCUT2D eigenvalue weighted by Crippen LogP contribution is 2.14. The first-order valence-electron chi connectivity index (χ1n) is 7.95. The van der Waals surface area contributed by atoms with Crippen molar-refractivity contribution in [2.24, 2.45) is 0 Å². The van der Waals surface area contributed by atoms with Gasteiger partial charge in [0.05, 0.1) is 19.3 Å². The Morgan fingerprint density at radius 2 is 2.05 bits per heavy atom. The van der Waals surface area contributed by atoms with Gasteiger partial charge < -0.3 is 15.0 Å². The molecule has 0 aliphatic carbocycles. The third-order valence-electron chi connectivity index (χ3n) is 4.43. The third-order valence-corrected chi connectivity index (χ3v) is 4.43. The molecule has 116 valence electrons. The Hall–Kier alpha value is -0.650. The second-order valence-corrected chi connectivity index (χ2v) is 6.20. The van der Waals surface area contributed by atoms with Gasteiger partial charge in [-0.05, 0) is 40.2 Å². The highest BCUT2D eigenvalue weighted by molar-refractivity contribution is 5.81. The lowest BCUT2D eigenvalue weighted by molar-refractivity contribution is -0.141. The van der Waals surface area contributed by atoms with Crippen molar-refractivity contribution in [3.63, 3.8) is 0 Å². The Labute approximate surface area is 122 Å². The third kappa shape index (κ3) is 3.93. The molecular formula is C15H29N3O2. The van der Waals surface area contributed by atoms with Gasteiger partial charge in [-0.1, -0.05) is 0 Å². The molecule has 1 amide bonds. The number of rotatable bonds is 5. The number of morpholine rings is 1. The predicted molar refractivity (Wildman–Crippen MR) is 79.7 cm³/mol. The summed E-state index contributed by atoms with van der Waals surface area (Å²) in [6, 6.07) is 0.880. The van der Waals surface area contributed by atoms with Crippen LogP contribution in [-0.4, -0.2) is 73.2 Å². The van der Waals surface area contributed by atoms with Crippen LogP contribution in [0, 0.1) is 0 Å². The molecule has 0 aromatic rings. The van der Waals surface area contributed by atoms with Gasteiger partial charge in [-0.15, -0.1) is 0 Å². The minimum Gasteiger partial charge on any atom is -0.378 e. The number of amides is 1. The zero-order valence-electron chi connectivity index (χ0n) is 13.1. The Morgan fingerprint density at radius 1 is 1.35 bits per heavy atom. The van der Waals surface area contributed by atoms with E-state index in [-0.39, 0.29) is 11.9 Å². The maximum absolute atomic E-state index is 12.6. The molecule has 5 nitrogen and oxygen atoms in total. The fourth-order valence-electron chi connectivity index (χ4n) is 3.17. The lowest BCUT2D eigenvalue weighted by Crippen LogP contribution is -2.54. The first kappa shape index (κ1) is 15.7. The summed E-state index contributed by atoms with van der Waals surface area (Å²) in [5.41, 5.74) is 0. The van der Waals surface area contributed by atoms with E-state index in [1.807, 2.05) is 11.8 Å². The first-order valence-corrected chi connectivity index (χ1v) is 7.95. The Morgan fingerprint density at radius 3 is 2.60 bits per heavy atom. The van der Waals surface area contributed by atoms with Gasteiger partial charge in [0, 0.05) is 31.7 Å². The molecule has 0 aromatic heterocycles. The van der Waals surface area contributed by atoms with Crippen molar-refractivity contribution in [2.45, 2.75) is 51.7 Å². The van der Waals surface area contributed by atoms with E-state index in [1.54, 1.807) is 0 Å². The van der Waals surface area contributed by atoms with Gasteiger partial charge in [0.25, 0.3) is 0 Å². The van der Waals surface area contributed by atoms with Gasteiger partial charge in [-0.2, -0.15) is 0 Å². The van der Waals surface area contributed by atoms with Crippen LogP contribution in [0.25, 0.3) is 0 Å². The largest absolute Gasteiger partial charge is 0.378 e. The average molecular weight is 283 g/mol. The number of hydrogen-bond acceptors (Lipinski definition) is 4. The summed E-state index contributed by atoms with van der Waals surface area (Å²) in [4.78, 5) is 16.9. The molecule has 20 heavy (non-hydrogen) atoms. The van der Waals surface area contributed by atoms with E-state index >= 15 is 0 Å². The Bertz CT molecular complexity index is 310. The molecule has 5 heteroatoms. The quantitative estimate of drug-likeness (QED) is 0.806. The molecule has 2 aliphatic rings. The van der Waals surface area contributed by atoms with E-state index in [2.05, 4.69) is 24.1 Å². The van der Waals surface area contributed by atoms with Gasteiger partial charge in [0.15, 0.2) is 0 Å². The second-order valence-electron chi connectivity index (χ2n) is 6.20. The van der Waals surface area contributed by atoms with E-state index in [0.717, 1.165) is 26.2 Å². The van der Waals surface area contributed by atoms with Crippen LogP contribution in [-0.2, 0) is 9.53 Å². The van der Waals surface area contributed by atoms with Crippen LogP contribution in [0.5, 0.6) is 0 Å². The fourth-order valence-corrected chi connectivity index (χ4v) is 3.17. The average Bonchev–Trinajstić information content (AvgIpc) is 2.97. The summed E-state index contributed by atoms with van der Waals surface area (Å²) in [5, 5.41) is 3.53. The maximum atomic E-state index is 12.6. The lowest BCUT2D eigenvalue weighted by Gasteiger charge is -2.37. The highest BCUT2D eigenvalue weighted by Gasteiger charge is 2.30. The summed E-state index contributed by atoms with van der Waals surface area (Å²) < 4.78 is 5.33. The summed E-state index contributed by atoms with van der Waals surface area (Å²) in [7, 11) is 0. The van der Waals surface area contributed by atoms with Crippen molar-refractivity contribution < 1.29 is 9.53 Å². The molecule has 2 fully saturated rings. The van der Waals surface area contributed by atoms with Gasteiger partial charge >= 0.3 is 0 Å². The van der Waals surface area contributed by atoms with E-state index < -0.39 is 0 Å². The van der Waals surface area contributed by atoms with Crippen molar-refractivity contribution in [2.75, 3.05) is 39.4 Å². The number of hydrogen-bond donors (Lipinski definition) is 1. The standard InChI is InChI=1S/C15H29N3O2/c1-12(2)18(11-14-5-4-6-16-14)13(3)15(19)17-7-9-20-10-8-17/h12-14,16H,4-11H2,1-3H3. The minimum atomic E-state index is -0.0458. The van der Waals surface area contributed by atoms with Gasteiger partial charge in [0.2, 0.25) is 5.91 Å². The molecule has 1 N–H and O–H groups in total. The minimum absolute atomic E-state index is 0.0458. The van der Waals surface area contributed by atoms with Crippen molar-refractivity contribution >= 4 is 5.91 Å². The van der Waals surface area contributed by atoms with Crippen LogP contribution < -0.4 is 5.32 Å². The Balaban J connectivity index is 1.94. The fraction of sp³-hybridized carbons (Fsp3) is 0.933. The molecule has 2 heterocycles. The number of ether oxygens (including phenoxy) is 1. The van der Waals surface area contributed by atoms with Crippen molar-refractivity contribution in [1.29, 1.82) is 0 Å². The zero-order chi connectivity index (χ0) is 14.5. The molecule has 0 saturated carbocycles. The lowest BCUT2D eigenvalue weighted by atomic mass is 10.1. The van der Waals surface area contributed by atoms with Crippen molar-refractivity contribution in [3.05, 3.63) is 0 Å². The van der Waals surface area contributed by atoms with Crippen LogP contribution in [0.2, 0.25) is 0 Å². The summed E-state index contributed by atoms with van der Waals surface area (Å²) in [6.45, 7) is 11.3. The van der Waals surface area contributed by atoms with Crippen LogP contribution in [0.15, 0.2) is 0 Å².